The number of halogens is 1. The number of carbonyl (C=O) groups is 1. The summed E-state index contributed by atoms with van der Waals surface area (Å²) in [5, 5.41) is 2.84. The summed E-state index contributed by atoms with van der Waals surface area (Å²) in [5.74, 6) is -0.143. The molecule has 0 aliphatic carbocycles. The monoisotopic (exact) mass is 299 g/mol. The number of rotatable bonds is 5. The van der Waals surface area contributed by atoms with Gasteiger partial charge in [-0.3, -0.25) is 9.78 Å². The highest BCUT2D eigenvalue weighted by molar-refractivity contribution is 9.10. The molecule has 17 heavy (non-hydrogen) atoms. The van der Waals surface area contributed by atoms with Gasteiger partial charge in [0.15, 0.2) is 0 Å². The van der Waals surface area contributed by atoms with Gasteiger partial charge in [0.25, 0.3) is 5.91 Å². The van der Waals surface area contributed by atoms with E-state index >= 15 is 0 Å². The van der Waals surface area contributed by atoms with Crippen molar-refractivity contribution in [3.63, 3.8) is 0 Å². The molecule has 0 unspecified atom stereocenters. The number of nitrogens with zero attached hydrogens (tertiary/aromatic N) is 1. The predicted molar refractivity (Wildman–Crippen MR) is 71.8 cm³/mol. The SMILES string of the molecule is CCC(N)(CC)CNC(=O)c1cncc(Br)c1. The minimum absolute atomic E-state index is 0.143. The van der Waals surface area contributed by atoms with Crippen molar-refractivity contribution in [3.8, 4) is 0 Å². The smallest absolute Gasteiger partial charge is 0.252 e. The van der Waals surface area contributed by atoms with Crippen LogP contribution in [0.15, 0.2) is 22.9 Å². The number of amides is 1. The Hall–Kier alpha value is -0.940. The fraction of sp³-hybridized carbons (Fsp3) is 0.500. The number of aromatic nitrogens is 1. The van der Waals surface area contributed by atoms with E-state index in [4.69, 9.17) is 5.73 Å². The van der Waals surface area contributed by atoms with Crippen LogP contribution in [0, 0.1) is 0 Å². The minimum Gasteiger partial charge on any atom is -0.350 e. The summed E-state index contributed by atoms with van der Waals surface area (Å²) in [7, 11) is 0. The standard InChI is InChI=1S/C12H18BrN3O/c1-3-12(14,4-2)8-16-11(17)9-5-10(13)7-15-6-9/h5-7H,3-4,8,14H2,1-2H3,(H,16,17). The molecule has 1 amide bonds. The fourth-order valence-electron chi connectivity index (χ4n) is 1.39. The number of nitrogens with two attached hydrogens (primary N) is 1. The van der Waals surface area contributed by atoms with E-state index in [0.717, 1.165) is 17.3 Å². The van der Waals surface area contributed by atoms with Crippen LogP contribution in [0.5, 0.6) is 0 Å². The van der Waals surface area contributed by atoms with Crippen LogP contribution in [0.25, 0.3) is 0 Å². The second-order valence-electron chi connectivity index (χ2n) is 4.14. The molecule has 0 aliphatic heterocycles. The Labute approximate surface area is 110 Å². The summed E-state index contributed by atoms with van der Waals surface area (Å²) < 4.78 is 0.787. The second kappa shape index (κ2) is 6.12. The van der Waals surface area contributed by atoms with E-state index in [1.54, 1.807) is 12.3 Å². The maximum absolute atomic E-state index is 11.8. The lowest BCUT2D eigenvalue weighted by molar-refractivity contribution is 0.0941. The average Bonchev–Trinajstić information content (AvgIpc) is 2.35. The van der Waals surface area contributed by atoms with E-state index < -0.39 is 0 Å². The van der Waals surface area contributed by atoms with Gasteiger partial charge >= 0.3 is 0 Å². The van der Waals surface area contributed by atoms with Crippen LogP contribution >= 0.6 is 15.9 Å². The Balaban J connectivity index is 2.62. The lowest BCUT2D eigenvalue weighted by Crippen LogP contribution is -2.49. The average molecular weight is 300 g/mol. The number of hydrogen-bond donors (Lipinski definition) is 2. The third-order valence-electron chi connectivity index (χ3n) is 2.98. The highest BCUT2D eigenvalue weighted by Crippen LogP contribution is 2.11. The van der Waals surface area contributed by atoms with Crippen molar-refractivity contribution in [2.75, 3.05) is 6.54 Å². The molecule has 94 valence electrons. The van der Waals surface area contributed by atoms with Crippen LogP contribution < -0.4 is 11.1 Å². The van der Waals surface area contributed by atoms with Gasteiger partial charge in [-0.2, -0.15) is 0 Å². The van der Waals surface area contributed by atoms with Crippen molar-refractivity contribution in [2.24, 2.45) is 5.73 Å². The number of carbonyl (C=O) groups excluding carboxylic acids is 1. The molecule has 0 radical (unpaired) electrons. The maximum atomic E-state index is 11.8. The molecule has 0 atom stereocenters. The first-order chi connectivity index (χ1) is 8.00. The van der Waals surface area contributed by atoms with Gasteiger partial charge < -0.3 is 11.1 Å². The first-order valence-electron chi connectivity index (χ1n) is 5.68. The Morgan fingerprint density at radius 2 is 2.12 bits per heavy atom. The quantitative estimate of drug-likeness (QED) is 0.875. The van der Waals surface area contributed by atoms with Gasteiger partial charge in [0.2, 0.25) is 0 Å². The Morgan fingerprint density at radius 3 is 2.65 bits per heavy atom. The molecule has 0 aliphatic rings. The van der Waals surface area contributed by atoms with Crippen molar-refractivity contribution in [1.29, 1.82) is 0 Å². The molecule has 0 saturated heterocycles. The van der Waals surface area contributed by atoms with Gasteiger partial charge in [-0.05, 0) is 34.8 Å². The summed E-state index contributed by atoms with van der Waals surface area (Å²) in [5.41, 5.74) is 6.32. The molecule has 1 rings (SSSR count). The highest BCUT2D eigenvalue weighted by Gasteiger charge is 2.21. The highest BCUT2D eigenvalue weighted by atomic mass is 79.9. The van der Waals surface area contributed by atoms with Crippen LogP contribution in [-0.2, 0) is 0 Å². The molecule has 0 saturated carbocycles. The van der Waals surface area contributed by atoms with Gasteiger partial charge in [-0.15, -0.1) is 0 Å². The molecule has 4 nitrogen and oxygen atoms in total. The van der Waals surface area contributed by atoms with Crippen molar-refractivity contribution in [2.45, 2.75) is 32.2 Å². The van der Waals surface area contributed by atoms with E-state index in [1.807, 2.05) is 13.8 Å². The third kappa shape index (κ3) is 4.09. The molecular formula is C12H18BrN3O. The van der Waals surface area contributed by atoms with E-state index in [0.29, 0.717) is 12.1 Å². The van der Waals surface area contributed by atoms with E-state index in [1.165, 1.54) is 6.20 Å². The molecule has 0 aromatic carbocycles. The van der Waals surface area contributed by atoms with Crippen LogP contribution in [0.4, 0.5) is 0 Å². The largest absolute Gasteiger partial charge is 0.350 e. The fourth-order valence-corrected chi connectivity index (χ4v) is 1.76. The third-order valence-corrected chi connectivity index (χ3v) is 3.41. The van der Waals surface area contributed by atoms with Crippen molar-refractivity contribution in [3.05, 3.63) is 28.5 Å². The van der Waals surface area contributed by atoms with Gasteiger partial charge in [-0.1, -0.05) is 13.8 Å². The number of hydrogen-bond acceptors (Lipinski definition) is 3. The normalized spacial score (nSPS) is 11.3. The van der Waals surface area contributed by atoms with Gasteiger partial charge in [0.1, 0.15) is 0 Å². The molecule has 1 heterocycles. The molecule has 3 N–H and O–H groups in total. The number of nitrogens with one attached hydrogen (secondary N) is 1. The first kappa shape index (κ1) is 14.1. The minimum atomic E-state index is -0.324. The second-order valence-corrected chi connectivity index (χ2v) is 5.06. The van der Waals surface area contributed by atoms with Gasteiger partial charge in [0.05, 0.1) is 5.56 Å². The molecular weight excluding hydrogens is 282 g/mol. The summed E-state index contributed by atoms with van der Waals surface area (Å²) >= 11 is 3.28. The molecule has 0 bridgehead atoms. The summed E-state index contributed by atoms with van der Waals surface area (Å²) in [4.78, 5) is 15.8. The topological polar surface area (TPSA) is 68.0 Å². The summed E-state index contributed by atoms with van der Waals surface area (Å²) in [6, 6.07) is 1.73. The molecule has 0 spiro atoms. The lowest BCUT2D eigenvalue weighted by Gasteiger charge is -2.26. The van der Waals surface area contributed by atoms with Gasteiger partial charge in [-0.25, -0.2) is 0 Å². The van der Waals surface area contributed by atoms with E-state index in [9.17, 15) is 4.79 Å². The zero-order valence-electron chi connectivity index (χ0n) is 10.2. The van der Waals surface area contributed by atoms with Crippen molar-refractivity contribution in [1.82, 2.24) is 10.3 Å². The molecule has 5 heteroatoms. The van der Waals surface area contributed by atoms with Crippen molar-refractivity contribution >= 4 is 21.8 Å². The maximum Gasteiger partial charge on any atom is 0.252 e. The van der Waals surface area contributed by atoms with Crippen LogP contribution in [0.2, 0.25) is 0 Å². The van der Waals surface area contributed by atoms with E-state index in [-0.39, 0.29) is 11.4 Å². The zero-order chi connectivity index (χ0) is 12.9. The van der Waals surface area contributed by atoms with Gasteiger partial charge in [0, 0.05) is 29.0 Å². The molecule has 1 aromatic rings. The molecule has 1 aromatic heterocycles. The number of pyridine rings is 1. The molecule has 0 fully saturated rings. The van der Waals surface area contributed by atoms with Crippen LogP contribution in [0.1, 0.15) is 37.0 Å². The van der Waals surface area contributed by atoms with Crippen molar-refractivity contribution < 1.29 is 4.79 Å². The zero-order valence-corrected chi connectivity index (χ0v) is 11.8. The van der Waals surface area contributed by atoms with Crippen LogP contribution in [-0.4, -0.2) is 23.0 Å². The summed E-state index contributed by atoms with van der Waals surface area (Å²) in [6.45, 7) is 4.53. The Morgan fingerprint density at radius 1 is 1.47 bits per heavy atom. The summed E-state index contributed by atoms with van der Waals surface area (Å²) in [6.07, 6.45) is 4.85. The van der Waals surface area contributed by atoms with E-state index in [2.05, 4.69) is 26.2 Å². The predicted octanol–water partition coefficient (Wildman–Crippen LogP) is 2.09. The van der Waals surface area contributed by atoms with Crippen LogP contribution in [0.3, 0.4) is 0 Å². The Kier molecular flexibility index (Phi) is 5.08. The Bertz CT molecular complexity index is 391. The first-order valence-corrected chi connectivity index (χ1v) is 6.47. The lowest BCUT2D eigenvalue weighted by atomic mass is 9.94.